The van der Waals surface area contributed by atoms with E-state index in [1.54, 1.807) is 6.92 Å². The number of thioether (sulfide) groups is 1. The zero-order valence-electron chi connectivity index (χ0n) is 17.9. The van der Waals surface area contributed by atoms with E-state index in [0.29, 0.717) is 43.4 Å². The van der Waals surface area contributed by atoms with E-state index in [1.807, 2.05) is 12.9 Å². The Morgan fingerprint density at radius 2 is 2.07 bits per heavy atom. The monoisotopic (exact) mass is 430 g/mol. The number of carbonyl (C=O) groups is 2. The van der Waals surface area contributed by atoms with Crippen LogP contribution in [0.3, 0.4) is 0 Å². The molecule has 0 radical (unpaired) electrons. The van der Waals surface area contributed by atoms with Crippen molar-refractivity contribution in [2.24, 2.45) is 0 Å². The highest BCUT2D eigenvalue weighted by Crippen LogP contribution is 2.21. The SMILES string of the molecule is CCCCOCCSC(=C=O)[C@H](N[C@@H](C)C(=O)N1CCC[C@H]1C(=O)OC)OCC. The third-order valence-electron chi connectivity index (χ3n) is 4.58. The van der Waals surface area contributed by atoms with Crippen molar-refractivity contribution in [3.05, 3.63) is 4.91 Å². The molecule has 1 amide bonds. The van der Waals surface area contributed by atoms with E-state index >= 15 is 0 Å². The summed E-state index contributed by atoms with van der Waals surface area (Å²) < 4.78 is 15.9. The molecule has 1 aliphatic rings. The molecule has 1 fully saturated rings. The third kappa shape index (κ3) is 8.48. The zero-order chi connectivity index (χ0) is 21.6. The van der Waals surface area contributed by atoms with Gasteiger partial charge in [0.15, 0.2) is 6.23 Å². The lowest BCUT2D eigenvalue weighted by Gasteiger charge is -2.28. The molecular weight excluding hydrogens is 396 g/mol. The molecule has 0 aromatic rings. The fourth-order valence-corrected chi connectivity index (χ4v) is 3.81. The molecule has 0 aromatic carbocycles. The lowest BCUT2D eigenvalue weighted by atomic mass is 10.2. The van der Waals surface area contributed by atoms with Gasteiger partial charge in [0.05, 0.1) is 19.8 Å². The second-order valence-corrected chi connectivity index (χ2v) is 7.85. The maximum Gasteiger partial charge on any atom is 0.328 e. The van der Waals surface area contributed by atoms with Crippen molar-refractivity contribution in [3.8, 4) is 0 Å². The predicted molar refractivity (Wildman–Crippen MR) is 112 cm³/mol. The molecule has 9 heteroatoms. The summed E-state index contributed by atoms with van der Waals surface area (Å²) in [6.45, 7) is 7.71. The summed E-state index contributed by atoms with van der Waals surface area (Å²) in [7, 11) is 1.32. The van der Waals surface area contributed by atoms with Gasteiger partial charge in [-0.25, -0.2) is 9.59 Å². The van der Waals surface area contributed by atoms with Crippen LogP contribution in [-0.2, 0) is 28.6 Å². The summed E-state index contributed by atoms with van der Waals surface area (Å²) in [4.78, 5) is 38.1. The molecule has 1 heterocycles. The minimum absolute atomic E-state index is 0.222. The van der Waals surface area contributed by atoms with Gasteiger partial charge in [0.2, 0.25) is 5.91 Å². The molecular formula is C20H34N2O6S. The summed E-state index contributed by atoms with van der Waals surface area (Å²) in [6.07, 6.45) is 2.68. The molecule has 0 bridgehead atoms. The standard InChI is InChI=1S/C20H34N2O6S/c1-5-7-11-27-12-13-29-17(14-23)18(28-6-2)21-15(3)19(24)22-10-8-9-16(22)20(25)26-4/h15-16,18,21H,5-13H2,1-4H3/t15-,16-,18+/m0/s1. The first-order valence-corrected chi connectivity index (χ1v) is 11.2. The van der Waals surface area contributed by atoms with Gasteiger partial charge in [-0.15, -0.1) is 11.8 Å². The Kier molecular flexibility index (Phi) is 12.9. The molecule has 0 unspecified atom stereocenters. The number of ether oxygens (including phenoxy) is 3. The Balaban J connectivity index is 2.64. The smallest absolute Gasteiger partial charge is 0.328 e. The van der Waals surface area contributed by atoms with Crippen LogP contribution in [0.25, 0.3) is 0 Å². The lowest BCUT2D eigenvalue weighted by molar-refractivity contribution is -0.151. The number of nitrogens with one attached hydrogen (secondary N) is 1. The molecule has 0 aromatic heterocycles. The first-order valence-electron chi connectivity index (χ1n) is 10.2. The maximum atomic E-state index is 12.9. The van der Waals surface area contributed by atoms with Crippen molar-refractivity contribution in [2.75, 3.05) is 39.2 Å². The van der Waals surface area contributed by atoms with Crippen LogP contribution in [0.1, 0.15) is 46.5 Å². The van der Waals surface area contributed by atoms with Crippen LogP contribution in [0.15, 0.2) is 4.91 Å². The second-order valence-electron chi connectivity index (χ2n) is 6.72. The van der Waals surface area contributed by atoms with E-state index in [-0.39, 0.29) is 5.91 Å². The summed E-state index contributed by atoms with van der Waals surface area (Å²) in [5.74, 6) is 1.89. The normalized spacial score (nSPS) is 18.2. The van der Waals surface area contributed by atoms with Gasteiger partial charge in [-0.05, 0) is 33.1 Å². The van der Waals surface area contributed by atoms with Crippen molar-refractivity contribution in [1.82, 2.24) is 10.2 Å². The van der Waals surface area contributed by atoms with Gasteiger partial charge in [0.1, 0.15) is 16.9 Å². The summed E-state index contributed by atoms with van der Waals surface area (Å²) in [5.41, 5.74) is 0. The number of rotatable bonds is 14. The minimum atomic E-state index is -0.740. The number of unbranched alkanes of at least 4 members (excludes halogenated alkanes) is 1. The molecule has 0 aliphatic carbocycles. The van der Waals surface area contributed by atoms with Crippen LogP contribution in [-0.4, -0.2) is 80.3 Å². The maximum absolute atomic E-state index is 12.9. The Morgan fingerprint density at radius 3 is 2.69 bits per heavy atom. The zero-order valence-corrected chi connectivity index (χ0v) is 18.7. The summed E-state index contributed by atoms with van der Waals surface area (Å²) in [6, 6.07) is -1.19. The van der Waals surface area contributed by atoms with Crippen LogP contribution in [0, 0.1) is 0 Å². The minimum Gasteiger partial charge on any atom is -0.467 e. The fourth-order valence-electron chi connectivity index (χ4n) is 3.04. The summed E-state index contributed by atoms with van der Waals surface area (Å²) in [5, 5.41) is 3.06. The molecule has 29 heavy (non-hydrogen) atoms. The Labute approximate surface area is 177 Å². The number of carbonyl (C=O) groups excluding carboxylic acids is 3. The highest BCUT2D eigenvalue weighted by atomic mass is 32.2. The fraction of sp³-hybridized carbons (Fsp3) is 0.800. The Morgan fingerprint density at radius 1 is 1.31 bits per heavy atom. The molecule has 8 nitrogen and oxygen atoms in total. The molecule has 3 atom stereocenters. The molecule has 1 saturated heterocycles. The number of hydrogen-bond donors (Lipinski definition) is 1. The predicted octanol–water partition coefficient (Wildman–Crippen LogP) is 1.76. The average molecular weight is 431 g/mol. The number of methoxy groups -OCH3 is 1. The van der Waals surface area contributed by atoms with E-state index in [9.17, 15) is 14.4 Å². The molecule has 166 valence electrons. The number of hydrogen-bond acceptors (Lipinski definition) is 8. The molecule has 0 spiro atoms. The van der Waals surface area contributed by atoms with Crippen molar-refractivity contribution < 1.29 is 28.6 Å². The summed E-state index contributed by atoms with van der Waals surface area (Å²) >= 11 is 1.30. The van der Waals surface area contributed by atoms with Gasteiger partial charge in [0, 0.05) is 25.5 Å². The first kappa shape index (κ1) is 25.7. The Bertz CT molecular complexity index is 567. The van der Waals surface area contributed by atoms with Crippen molar-refractivity contribution in [2.45, 2.75) is 64.8 Å². The third-order valence-corrected chi connectivity index (χ3v) is 5.56. The topological polar surface area (TPSA) is 94.2 Å². The largest absolute Gasteiger partial charge is 0.467 e. The van der Waals surface area contributed by atoms with E-state index in [1.165, 1.54) is 23.8 Å². The van der Waals surface area contributed by atoms with E-state index in [0.717, 1.165) is 19.3 Å². The van der Waals surface area contributed by atoms with Crippen LogP contribution in [0.5, 0.6) is 0 Å². The van der Waals surface area contributed by atoms with Crippen molar-refractivity contribution in [1.29, 1.82) is 0 Å². The van der Waals surface area contributed by atoms with Gasteiger partial charge in [-0.3, -0.25) is 10.1 Å². The van der Waals surface area contributed by atoms with Crippen LogP contribution >= 0.6 is 11.8 Å². The quantitative estimate of drug-likeness (QED) is 0.193. The molecule has 1 N–H and O–H groups in total. The van der Waals surface area contributed by atoms with Gasteiger partial charge in [-0.2, -0.15) is 0 Å². The Hall–Kier alpha value is -1.38. The van der Waals surface area contributed by atoms with Crippen molar-refractivity contribution >= 4 is 29.6 Å². The average Bonchev–Trinajstić information content (AvgIpc) is 3.21. The highest BCUT2D eigenvalue weighted by Gasteiger charge is 2.37. The lowest BCUT2D eigenvalue weighted by Crippen LogP contribution is -2.52. The molecule has 0 saturated carbocycles. The number of likely N-dealkylation sites (tertiary alicyclic amines) is 1. The number of nitrogens with zero attached hydrogens (tertiary/aromatic N) is 1. The van der Waals surface area contributed by atoms with Gasteiger partial charge in [-0.1, -0.05) is 13.3 Å². The van der Waals surface area contributed by atoms with Gasteiger partial charge >= 0.3 is 5.97 Å². The van der Waals surface area contributed by atoms with Gasteiger partial charge < -0.3 is 19.1 Å². The first-order chi connectivity index (χ1) is 14.0. The van der Waals surface area contributed by atoms with Crippen LogP contribution in [0.2, 0.25) is 0 Å². The number of amides is 1. The van der Waals surface area contributed by atoms with Gasteiger partial charge in [0.25, 0.3) is 0 Å². The van der Waals surface area contributed by atoms with E-state index in [2.05, 4.69) is 12.2 Å². The number of esters is 1. The van der Waals surface area contributed by atoms with Crippen molar-refractivity contribution in [3.63, 3.8) is 0 Å². The molecule has 1 aliphatic heterocycles. The van der Waals surface area contributed by atoms with Crippen LogP contribution < -0.4 is 5.32 Å². The molecule has 1 rings (SSSR count). The van der Waals surface area contributed by atoms with E-state index in [4.69, 9.17) is 14.2 Å². The second kappa shape index (κ2) is 14.6. The highest BCUT2D eigenvalue weighted by molar-refractivity contribution is 8.03. The van der Waals surface area contributed by atoms with E-state index < -0.39 is 24.3 Å². The van der Waals surface area contributed by atoms with Crippen LogP contribution in [0.4, 0.5) is 0 Å².